The van der Waals surface area contributed by atoms with Gasteiger partial charge in [-0.1, -0.05) is 48.5 Å². The molecule has 2 aromatic carbocycles. The maximum absolute atomic E-state index is 12.6. The minimum Gasteiger partial charge on any atom is -0.229 e. The van der Waals surface area contributed by atoms with Gasteiger partial charge in [0.25, 0.3) is 0 Å². The van der Waals surface area contributed by atoms with Gasteiger partial charge in [0, 0.05) is 17.7 Å². The van der Waals surface area contributed by atoms with Crippen LogP contribution in [-0.2, 0) is 11.3 Å². The van der Waals surface area contributed by atoms with Gasteiger partial charge in [-0.25, -0.2) is 4.79 Å². The predicted octanol–water partition coefficient (Wildman–Crippen LogP) is 3.75. The Morgan fingerprint density at radius 2 is 1.60 bits per heavy atom. The van der Waals surface area contributed by atoms with Gasteiger partial charge >= 0.3 is 5.91 Å². The number of thiocarbonyl (C=S) groups is 1. The molecule has 1 aliphatic rings. The number of para-hydroxylation sites is 1. The Morgan fingerprint density at radius 1 is 1.00 bits per heavy atom. The highest BCUT2D eigenvalue weighted by molar-refractivity contribution is 8.24. The van der Waals surface area contributed by atoms with Crippen molar-refractivity contribution in [1.82, 2.24) is 4.48 Å². The number of benzene rings is 2. The van der Waals surface area contributed by atoms with E-state index in [1.54, 1.807) is 0 Å². The molecule has 0 spiro atoms. The molecule has 100 valence electrons. The van der Waals surface area contributed by atoms with Gasteiger partial charge in [-0.2, -0.15) is 4.48 Å². The topological polar surface area (TPSA) is 17.1 Å². The molecule has 2 nitrogen and oxygen atoms in total. The Balaban J connectivity index is 2.10. The highest BCUT2D eigenvalue weighted by Gasteiger charge is 2.49. The minimum absolute atomic E-state index is 0.158. The minimum atomic E-state index is 0.158. The lowest BCUT2D eigenvalue weighted by Gasteiger charge is -2.29. The largest absolute Gasteiger partial charge is 0.335 e. The number of hydrogen-bond donors (Lipinski definition) is 0. The van der Waals surface area contributed by atoms with Crippen molar-refractivity contribution in [2.75, 3.05) is 5.75 Å². The second-order valence-corrected chi connectivity index (χ2v) is 6.35. The second-order valence-electron chi connectivity index (χ2n) is 4.74. The summed E-state index contributed by atoms with van der Waals surface area (Å²) in [6.45, 7) is 0.593. The molecule has 0 aliphatic carbocycles. The molecule has 0 saturated carbocycles. The van der Waals surface area contributed by atoms with Gasteiger partial charge < -0.3 is 0 Å². The maximum Gasteiger partial charge on any atom is 0.335 e. The Hall–Kier alpha value is -1.49. The van der Waals surface area contributed by atoms with E-state index in [1.807, 2.05) is 60.7 Å². The molecule has 0 N–H and O–H groups in total. The van der Waals surface area contributed by atoms with Gasteiger partial charge in [-0.15, -0.1) is 0 Å². The van der Waals surface area contributed by atoms with Crippen LogP contribution in [0.25, 0.3) is 0 Å². The summed E-state index contributed by atoms with van der Waals surface area (Å²) in [6.07, 6.45) is 0. The number of nitrogens with zero attached hydrogens (tertiary/aromatic N) is 1. The Kier molecular flexibility index (Phi) is 3.70. The van der Waals surface area contributed by atoms with Crippen LogP contribution in [0.15, 0.2) is 60.7 Å². The molecule has 1 fully saturated rings. The predicted molar refractivity (Wildman–Crippen MR) is 88.4 cm³/mol. The van der Waals surface area contributed by atoms with Gasteiger partial charge in [0.05, 0.1) is 0 Å². The molecular formula is C16H14NOS2+. The monoisotopic (exact) mass is 300 g/mol. The molecule has 1 unspecified atom stereocenters. The van der Waals surface area contributed by atoms with Crippen molar-refractivity contribution in [2.45, 2.75) is 6.54 Å². The normalized spacial score (nSPS) is 22.2. The SMILES string of the molecule is O=C1CSC(=S)[N+]1(Cc1ccccc1)c1ccccc1. The summed E-state index contributed by atoms with van der Waals surface area (Å²) in [7, 11) is 0. The van der Waals surface area contributed by atoms with E-state index in [-0.39, 0.29) is 10.4 Å². The molecule has 1 saturated heterocycles. The third kappa shape index (κ3) is 2.20. The zero-order valence-electron chi connectivity index (χ0n) is 10.9. The zero-order valence-corrected chi connectivity index (χ0v) is 12.5. The average Bonchev–Trinajstić information content (AvgIpc) is 2.78. The van der Waals surface area contributed by atoms with E-state index in [1.165, 1.54) is 11.8 Å². The summed E-state index contributed by atoms with van der Waals surface area (Å²) in [5.74, 6) is 0.621. The van der Waals surface area contributed by atoms with Crippen LogP contribution >= 0.6 is 24.0 Å². The van der Waals surface area contributed by atoms with Gasteiger partial charge in [0.15, 0.2) is 0 Å². The summed E-state index contributed by atoms with van der Waals surface area (Å²) in [5.41, 5.74) is 2.07. The number of quaternary nitrogens is 1. The smallest absolute Gasteiger partial charge is 0.229 e. The summed E-state index contributed by atoms with van der Waals surface area (Å²) in [5, 5.41) is 0. The van der Waals surface area contributed by atoms with Crippen molar-refractivity contribution in [3.8, 4) is 0 Å². The van der Waals surface area contributed by atoms with Crippen LogP contribution < -0.4 is 4.48 Å². The van der Waals surface area contributed by atoms with Crippen LogP contribution in [0.3, 0.4) is 0 Å². The standard InChI is InChI=1S/C16H14NOS2/c18-15-12-20-16(19)17(15,14-9-5-2-6-10-14)11-13-7-3-1-4-8-13/h1-10H,11-12H2/q+1. The van der Waals surface area contributed by atoms with Crippen molar-refractivity contribution < 1.29 is 4.79 Å². The van der Waals surface area contributed by atoms with Crippen molar-refractivity contribution >= 4 is 39.9 Å². The number of rotatable bonds is 3. The number of thioether (sulfide) groups is 1. The van der Waals surface area contributed by atoms with Gasteiger partial charge in [0.2, 0.25) is 4.32 Å². The van der Waals surface area contributed by atoms with Crippen molar-refractivity contribution in [3.05, 3.63) is 66.2 Å². The van der Waals surface area contributed by atoms with Crippen molar-refractivity contribution in [1.29, 1.82) is 0 Å². The highest BCUT2D eigenvalue weighted by Crippen LogP contribution is 2.37. The highest BCUT2D eigenvalue weighted by atomic mass is 32.2. The Morgan fingerprint density at radius 3 is 2.15 bits per heavy atom. The third-order valence-corrected chi connectivity index (χ3v) is 5.13. The molecule has 0 bridgehead atoms. The lowest BCUT2D eigenvalue weighted by Crippen LogP contribution is -2.52. The fraction of sp³-hybridized carbons (Fsp3) is 0.125. The summed E-state index contributed by atoms with van der Waals surface area (Å²) < 4.78 is 0.898. The summed E-state index contributed by atoms with van der Waals surface area (Å²) in [6, 6.07) is 19.9. The van der Waals surface area contributed by atoms with E-state index in [4.69, 9.17) is 12.2 Å². The Bertz CT molecular complexity index is 624. The third-order valence-electron chi connectivity index (χ3n) is 3.52. The van der Waals surface area contributed by atoms with E-state index in [9.17, 15) is 4.79 Å². The number of carbonyl (C=O) groups excluding carboxylic acids is 1. The van der Waals surface area contributed by atoms with E-state index in [0.717, 1.165) is 15.6 Å². The second kappa shape index (κ2) is 5.48. The van der Waals surface area contributed by atoms with Crippen LogP contribution in [0.4, 0.5) is 5.69 Å². The van der Waals surface area contributed by atoms with Crippen LogP contribution in [0.5, 0.6) is 0 Å². The van der Waals surface area contributed by atoms with Crippen molar-refractivity contribution in [2.24, 2.45) is 0 Å². The van der Waals surface area contributed by atoms with E-state index in [0.29, 0.717) is 12.3 Å². The maximum atomic E-state index is 12.6. The molecule has 4 heteroatoms. The Labute approximate surface area is 128 Å². The molecule has 1 amide bonds. The molecule has 3 rings (SSSR count). The van der Waals surface area contributed by atoms with Gasteiger partial charge in [0.1, 0.15) is 18.0 Å². The van der Waals surface area contributed by atoms with Crippen LogP contribution in [-0.4, -0.2) is 16.0 Å². The number of hydrogen-bond acceptors (Lipinski definition) is 3. The van der Waals surface area contributed by atoms with Crippen LogP contribution in [0.1, 0.15) is 5.56 Å². The van der Waals surface area contributed by atoms with Crippen LogP contribution in [0, 0.1) is 0 Å². The molecule has 1 atom stereocenters. The first kappa shape index (κ1) is 13.5. The molecule has 1 heterocycles. The van der Waals surface area contributed by atoms with E-state index < -0.39 is 0 Å². The fourth-order valence-corrected chi connectivity index (χ4v) is 3.89. The first-order valence-electron chi connectivity index (χ1n) is 6.42. The quantitative estimate of drug-likeness (QED) is 0.635. The summed E-state index contributed by atoms with van der Waals surface area (Å²) >= 11 is 7.01. The van der Waals surface area contributed by atoms with E-state index >= 15 is 0 Å². The number of amides is 1. The first-order valence-corrected chi connectivity index (χ1v) is 7.81. The zero-order chi connectivity index (χ0) is 14.0. The van der Waals surface area contributed by atoms with Gasteiger partial charge in [-0.05, 0) is 24.0 Å². The molecule has 1 aliphatic heterocycles. The molecule has 20 heavy (non-hydrogen) atoms. The lowest BCUT2D eigenvalue weighted by molar-refractivity contribution is -0.123. The van der Waals surface area contributed by atoms with Gasteiger partial charge in [-0.3, -0.25) is 0 Å². The molecule has 0 radical (unpaired) electrons. The first-order chi connectivity index (χ1) is 9.73. The average molecular weight is 300 g/mol. The molecule has 0 aromatic heterocycles. The lowest BCUT2D eigenvalue weighted by atomic mass is 10.1. The van der Waals surface area contributed by atoms with Crippen LogP contribution in [0.2, 0.25) is 0 Å². The molecule has 2 aromatic rings. The number of carbonyl (C=O) groups is 1. The van der Waals surface area contributed by atoms with E-state index in [2.05, 4.69) is 0 Å². The summed E-state index contributed by atoms with van der Waals surface area (Å²) in [4.78, 5) is 12.6. The fourth-order valence-electron chi connectivity index (χ4n) is 2.48. The molecular weight excluding hydrogens is 286 g/mol. The van der Waals surface area contributed by atoms with Crippen molar-refractivity contribution in [3.63, 3.8) is 0 Å².